The van der Waals surface area contributed by atoms with Crippen LogP contribution in [0, 0.1) is 12.7 Å². The lowest BCUT2D eigenvalue weighted by atomic mass is 10.1. The van der Waals surface area contributed by atoms with E-state index in [4.69, 9.17) is 17.3 Å². The van der Waals surface area contributed by atoms with E-state index in [1.165, 1.54) is 6.07 Å². The number of aromatic nitrogens is 2. The molecule has 2 N–H and O–H groups in total. The maximum Gasteiger partial charge on any atom is 0.134 e. The van der Waals surface area contributed by atoms with Crippen molar-refractivity contribution in [1.29, 1.82) is 0 Å². The average molecular weight is 302 g/mol. The molecule has 0 spiro atoms. The van der Waals surface area contributed by atoms with E-state index < -0.39 is 5.82 Å². The topological polar surface area (TPSA) is 43.8 Å². The van der Waals surface area contributed by atoms with Crippen molar-refractivity contribution in [2.24, 2.45) is 0 Å². The van der Waals surface area contributed by atoms with Crippen molar-refractivity contribution in [1.82, 2.24) is 9.78 Å². The lowest BCUT2D eigenvalue weighted by molar-refractivity contribution is 0.630. The Bertz CT molecular complexity index is 797. The van der Waals surface area contributed by atoms with Gasteiger partial charge in [0.25, 0.3) is 0 Å². The predicted octanol–water partition coefficient (Wildman–Crippen LogP) is 4.22. The van der Waals surface area contributed by atoms with Gasteiger partial charge in [-0.2, -0.15) is 5.10 Å². The van der Waals surface area contributed by atoms with Gasteiger partial charge < -0.3 is 5.73 Å². The van der Waals surface area contributed by atoms with Crippen molar-refractivity contribution < 1.29 is 4.39 Å². The number of hydrogen-bond donors (Lipinski definition) is 1. The van der Waals surface area contributed by atoms with Gasteiger partial charge >= 0.3 is 0 Å². The maximum absolute atomic E-state index is 14.1. The van der Waals surface area contributed by atoms with Crippen molar-refractivity contribution in [3.05, 3.63) is 64.9 Å². The Morgan fingerprint density at radius 2 is 1.86 bits per heavy atom. The van der Waals surface area contributed by atoms with Gasteiger partial charge in [0.2, 0.25) is 0 Å². The molecule has 0 radical (unpaired) electrons. The summed E-state index contributed by atoms with van der Waals surface area (Å²) in [6, 6.07) is 14.0. The largest absolute Gasteiger partial charge is 0.383 e. The first-order chi connectivity index (χ1) is 10.1. The molecule has 3 aromatic rings. The Labute approximate surface area is 126 Å². The monoisotopic (exact) mass is 301 g/mol. The number of rotatable bonds is 2. The molecule has 0 bridgehead atoms. The molecule has 0 amide bonds. The first kappa shape index (κ1) is 13.6. The van der Waals surface area contributed by atoms with E-state index in [1.807, 2.05) is 37.3 Å². The molecule has 0 fully saturated rings. The van der Waals surface area contributed by atoms with Gasteiger partial charge in [-0.25, -0.2) is 9.07 Å². The van der Waals surface area contributed by atoms with Crippen LogP contribution in [0.1, 0.15) is 5.56 Å². The molecule has 0 saturated heterocycles. The van der Waals surface area contributed by atoms with E-state index in [9.17, 15) is 4.39 Å². The summed E-state index contributed by atoms with van der Waals surface area (Å²) in [7, 11) is 0. The van der Waals surface area contributed by atoms with Gasteiger partial charge in [0, 0.05) is 16.1 Å². The van der Waals surface area contributed by atoms with Crippen molar-refractivity contribution >= 4 is 17.4 Å². The van der Waals surface area contributed by atoms with E-state index in [0.29, 0.717) is 22.1 Å². The molecule has 3 rings (SSSR count). The highest BCUT2D eigenvalue weighted by atomic mass is 35.5. The number of para-hydroxylation sites is 1. The van der Waals surface area contributed by atoms with Gasteiger partial charge in [0.15, 0.2) is 0 Å². The van der Waals surface area contributed by atoms with Crippen LogP contribution in [0.4, 0.5) is 10.2 Å². The number of nitrogen functional groups attached to an aromatic ring is 1. The lowest BCUT2D eigenvalue weighted by Gasteiger charge is -2.03. The molecule has 0 saturated carbocycles. The van der Waals surface area contributed by atoms with Gasteiger partial charge in [0.05, 0.1) is 5.69 Å². The highest BCUT2D eigenvalue weighted by molar-refractivity contribution is 6.30. The molecule has 0 aliphatic rings. The van der Waals surface area contributed by atoms with Gasteiger partial charge in [-0.1, -0.05) is 29.8 Å². The van der Waals surface area contributed by atoms with Gasteiger partial charge in [0.1, 0.15) is 17.3 Å². The minimum atomic E-state index is -0.414. The van der Waals surface area contributed by atoms with E-state index in [2.05, 4.69) is 5.10 Å². The van der Waals surface area contributed by atoms with Crippen molar-refractivity contribution in [3.63, 3.8) is 0 Å². The minimum Gasteiger partial charge on any atom is -0.383 e. The van der Waals surface area contributed by atoms with E-state index >= 15 is 0 Å². The SMILES string of the molecule is Cc1c(-c2ccc(Cl)cc2F)nn(-c2ccccc2)c1N. The second-order valence-electron chi connectivity index (χ2n) is 4.73. The zero-order valence-electron chi connectivity index (χ0n) is 11.3. The van der Waals surface area contributed by atoms with Crippen LogP contribution in [0.2, 0.25) is 5.02 Å². The second-order valence-corrected chi connectivity index (χ2v) is 5.17. The zero-order chi connectivity index (χ0) is 15.0. The molecule has 21 heavy (non-hydrogen) atoms. The summed E-state index contributed by atoms with van der Waals surface area (Å²) in [5.41, 5.74) is 8.58. The minimum absolute atomic E-state index is 0.351. The molecule has 1 aromatic heterocycles. The van der Waals surface area contributed by atoms with Crippen molar-refractivity contribution in [2.45, 2.75) is 6.92 Å². The molecular weight excluding hydrogens is 289 g/mol. The molecule has 2 aromatic carbocycles. The summed E-state index contributed by atoms with van der Waals surface area (Å²) < 4.78 is 15.7. The van der Waals surface area contributed by atoms with E-state index in [-0.39, 0.29) is 0 Å². The van der Waals surface area contributed by atoms with Gasteiger partial charge in [-0.15, -0.1) is 0 Å². The lowest BCUT2D eigenvalue weighted by Crippen LogP contribution is -2.01. The number of hydrogen-bond acceptors (Lipinski definition) is 2. The Morgan fingerprint density at radius 3 is 2.52 bits per heavy atom. The molecule has 0 aliphatic heterocycles. The fourth-order valence-electron chi connectivity index (χ4n) is 2.21. The zero-order valence-corrected chi connectivity index (χ0v) is 12.1. The van der Waals surface area contributed by atoms with Crippen LogP contribution in [0.15, 0.2) is 48.5 Å². The van der Waals surface area contributed by atoms with Crippen LogP contribution in [-0.4, -0.2) is 9.78 Å². The Morgan fingerprint density at radius 1 is 1.14 bits per heavy atom. The quantitative estimate of drug-likeness (QED) is 0.770. The number of nitrogens with zero attached hydrogens (tertiary/aromatic N) is 2. The third-order valence-electron chi connectivity index (χ3n) is 3.35. The van der Waals surface area contributed by atoms with Crippen molar-refractivity contribution in [3.8, 4) is 16.9 Å². The molecule has 3 nitrogen and oxygen atoms in total. The third kappa shape index (κ3) is 2.38. The molecule has 0 atom stereocenters. The van der Waals surface area contributed by atoms with E-state index in [0.717, 1.165) is 11.3 Å². The van der Waals surface area contributed by atoms with Crippen LogP contribution >= 0.6 is 11.6 Å². The van der Waals surface area contributed by atoms with Gasteiger partial charge in [-0.05, 0) is 37.3 Å². The summed E-state index contributed by atoms with van der Waals surface area (Å²) in [6.07, 6.45) is 0. The highest BCUT2D eigenvalue weighted by Gasteiger charge is 2.17. The summed E-state index contributed by atoms with van der Waals surface area (Å²) in [5, 5.41) is 4.80. The number of benzene rings is 2. The standard InChI is InChI=1S/C16H13ClFN3/c1-10-15(13-8-7-11(17)9-14(13)18)20-21(16(10)19)12-5-3-2-4-6-12/h2-9H,19H2,1H3. The number of anilines is 1. The molecular formula is C16H13ClFN3. The molecule has 1 heterocycles. The third-order valence-corrected chi connectivity index (χ3v) is 3.59. The highest BCUT2D eigenvalue weighted by Crippen LogP contribution is 2.31. The van der Waals surface area contributed by atoms with Crippen LogP contribution in [0.5, 0.6) is 0 Å². The average Bonchev–Trinajstić information content (AvgIpc) is 2.77. The van der Waals surface area contributed by atoms with Gasteiger partial charge in [-0.3, -0.25) is 0 Å². The Hall–Kier alpha value is -2.33. The summed E-state index contributed by atoms with van der Waals surface area (Å²) in [6.45, 7) is 1.82. The normalized spacial score (nSPS) is 10.8. The van der Waals surface area contributed by atoms with Crippen LogP contribution in [-0.2, 0) is 0 Å². The fourth-order valence-corrected chi connectivity index (χ4v) is 2.37. The van der Waals surface area contributed by atoms with Crippen LogP contribution in [0.3, 0.4) is 0 Å². The van der Waals surface area contributed by atoms with Crippen molar-refractivity contribution in [2.75, 3.05) is 5.73 Å². The summed E-state index contributed by atoms with van der Waals surface area (Å²) in [4.78, 5) is 0. The summed E-state index contributed by atoms with van der Waals surface area (Å²) >= 11 is 5.79. The first-order valence-corrected chi connectivity index (χ1v) is 6.81. The first-order valence-electron chi connectivity index (χ1n) is 6.44. The van der Waals surface area contributed by atoms with Crippen LogP contribution in [0.25, 0.3) is 16.9 Å². The molecule has 5 heteroatoms. The van der Waals surface area contributed by atoms with Crippen LogP contribution < -0.4 is 5.73 Å². The number of halogens is 2. The molecule has 0 unspecified atom stereocenters. The number of nitrogens with two attached hydrogens (primary N) is 1. The Balaban J connectivity index is 2.17. The molecule has 0 aliphatic carbocycles. The second kappa shape index (κ2) is 5.22. The smallest absolute Gasteiger partial charge is 0.134 e. The Kier molecular flexibility index (Phi) is 3.39. The molecule has 106 valence electrons. The fraction of sp³-hybridized carbons (Fsp3) is 0.0625. The predicted molar refractivity (Wildman–Crippen MR) is 83.1 cm³/mol. The summed E-state index contributed by atoms with van der Waals surface area (Å²) in [5.74, 6) is 0.0776. The van der Waals surface area contributed by atoms with E-state index in [1.54, 1.807) is 16.8 Å². The maximum atomic E-state index is 14.1.